The number of carbonyl (C=O) groups is 2. The molecule has 1 aliphatic rings. The summed E-state index contributed by atoms with van der Waals surface area (Å²) < 4.78 is 21.7. The SMILES string of the molecule is O=C(c1cc([N+](=O)[O-])c2nsnc2c1)N1CCC(F)(C(=O)O)C1. The summed E-state index contributed by atoms with van der Waals surface area (Å²) in [5.74, 6) is -2.30. The van der Waals surface area contributed by atoms with Crippen molar-refractivity contribution in [2.75, 3.05) is 13.1 Å². The molecule has 0 bridgehead atoms. The van der Waals surface area contributed by atoms with Gasteiger partial charge in [-0.05, 0) is 6.07 Å². The van der Waals surface area contributed by atoms with Gasteiger partial charge in [-0.1, -0.05) is 0 Å². The maximum absolute atomic E-state index is 14.0. The van der Waals surface area contributed by atoms with Crippen LogP contribution in [0.2, 0.25) is 0 Å². The van der Waals surface area contributed by atoms with Crippen LogP contribution in [0.4, 0.5) is 10.1 Å². The number of nitro benzene ring substituents is 1. The number of likely N-dealkylation sites (tertiary alicyclic amines) is 1. The fourth-order valence-electron chi connectivity index (χ4n) is 2.44. The number of carboxylic acids is 1. The van der Waals surface area contributed by atoms with Gasteiger partial charge in [0.2, 0.25) is 5.67 Å². The first kappa shape index (κ1) is 15.2. The molecule has 11 heteroatoms. The van der Waals surface area contributed by atoms with E-state index in [0.29, 0.717) is 0 Å². The number of fused-ring (bicyclic) bond motifs is 1. The average molecular weight is 340 g/mol. The predicted octanol–water partition coefficient (Wildman–Crippen LogP) is 1.24. The Bertz CT molecular complexity index is 840. The Balaban J connectivity index is 1.96. The summed E-state index contributed by atoms with van der Waals surface area (Å²) in [6, 6.07) is 2.37. The third kappa shape index (κ3) is 2.48. The van der Waals surface area contributed by atoms with Crippen molar-refractivity contribution in [1.29, 1.82) is 0 Å². The van der Waals surface area contributed by atoms with Gasteiger partial charge >= 0.3 is 5.97 Å². The second-order valence-corrected chi connectivity index (χ2v) is 5.66. The molecule has 0 saturated carbocycles. The van der Waals surface area contributed by atoms with Gasteiger partial charge in [0, 0.05) is 24.6 Å². The minimum absolute atomic E-state index is 0.0495. The van der Waals surface area contributed by atoms with Crippen LogP contribution in [0, 0.1) is 10.1 Å². The Labute approximate surface area is 131 Å². The molecule has 1 atom stereocenters. The number of non-ortho nitro benzene ring substituents is 1. The lowest BCUT2D eigenvalue weighted by Gasteiger charge is -2.17. The Morgan fingerprint density at radius 1 is 1.43 bits per heavy atom. The summed E-state index contributed by atoms with van der Waals surface area (Å²) >= 11 is 0.774. The number of aromatic nitrogens is 2. The molecule has 0 spiro atoms. The van der Waals surface area contributed by atoms with Crippen molar-refractivity contribution in [3.63, 3.8) is 0 Å². The van der Waals surface area contributed by atoms with E-state index in [-0.39, 0.29) is 35.2 Å². The van der Waals surface area contributed by atoms with Crippen LogP contribution in [0.3, 0.4) is 0 Å². The summed E-state index contributed by atoms with van der Waals surface area (Å²) in [5, 5.41) is 19.9. The van der Waals surface area contributed by atoms with Crippen LogP contribution in [0.15, 0.2) is 12.1 Å². The zero-order valence-electron chi connectivity index (χ0n) is 11.4. The first-order valence-corrected chi connectivity index (χ1v) is 7.17. The van der Waals surface area contributed by atoms with E-state index in [1.54, 1.807) is 0 Å². The fraction of sp³-hybridized carbons (Fsp3) is 0.333. The van der Waals surface area contributed by atoms with E-state index in [4.69, 9.17) is 5.11 Å². The van der Waals surface area contributed by atoms with Crippen LogP contribution in [0.1, 0.15) is 16.8 Å². The van der Waals surface area contributed by atoms with Crippen LogP contribution >= 0.6 is 11.7 Å². The third-order valence-electron chi connectivity index (χ3n) is 3.67. The molecule has 3 rings (SSSR count). The maximum atomic E-state index is 14.0. The Hall–Kier alpha value is -2.69. The summed E-state index contributed by atoms with van der Waals surface area (Å²) in [6.45, 7) is -0.675. The number of rotatable bonds is 3. The smallest absolute Gasteiger partial charge is 0.343 e. The Morgan fingerprint density at radius 2 is 2.17 bits per heavy atom. The number of aliphatic carboxylic acids is 1. The molecule has 2 heterocycles. The van der Waals surface area contributed by atoms with E-state index < -0.39 is 29.0 Å². The third-order valence-corrected chi connectivity index (χ3v) is 4.22. The first-order chi connectivity index (χ1) is 10.8. The van der Waals surface area contributed by atoms with Crippen molar-refractivity contribution < 1.29 is 24.0 Å². The molecule has 1 aromatic carbocycles. The second-order valence-electron chi connectivity index (χ2n) is 5.13. The molecule has 0 radical (unpaired) electrons. The Kier molecular flexibility index (Phi) is 3.43. The summed E-state index contributed by atoms with van der Waals surface area (Å²) in [4.78, 5) is 34.7. The van der Waals surface area contributed by atoms with Gasteiger partial charge < -0.3 is 10.0 Å². The minimum atomic E-state index is -2.49. The van der Waals surface area contributed by atoms with Crippen LogP contribution < -0.4 is 0 Å². The molecule has 23 heavy (non-hydrogen) atoms. The monoisotopic (exact) mass is 340 g/mol. The molecule has 1 unspecified atom stereocenters. The van der Waals surface area contributed by atoms with Crippen LogP contribution in [0.25, 0.3) is 11.0 Å². The van der Waals surface area contributed by atoms with Gasteiger partial charge in [0.25, 0.3) is 11.6 Å². The van der Waals surface area contributed by atoms with Gasteiger partial charge in [0.1, 0.15) is 5.52 Å². The quantitative estimate of drug-likeness (QED) is 0.658. The molecule has 1 saturated heterocycles. The van der Waals surface area contributed by atoms with E-state index in [9.17, 15) is 24.1 Å². The molecule has 0 aliphatic carbocycles. The van der Waals surface area contributed by atoms with Crippen molar-refractivity contribution >= 4 is 40.3 Å². The number of hydrogen-bond donors (Lipinski definition) is 1. The van der Waals surface area contributed by atoms with Crippen molar-refractivity contribution in [3.05, 3.63) is 27.8 Å². The van der Waals surface area contributed by atoms with E-state index >= 15 is 0 Å². The Morgan fingerprint density at radius 3 is 2.78 bits per heavy atom. The number of nitro groups is 1. The van der Waals surface area contributed by atoms with E-state index in [1.165, 1.54) is 6.07 Å². The molecular formula is C12H9FN4O5S. The lowest BCUT2D eigenvalue weighted by Crippen LogP contribution is -2.38. The van der Waals surface area contributed by atoms with Crippen LogP contribution in [0.5, 0.6) is 0 Å². The highest BCUT2D eigenvalue weighted by Crippen LogP contribution is 2.30. The number of nitrogens with zero attached hydrogens (tertiary/aromatic N) is 4. The van der Waals surface area contributed by atoms with E-state index in [0.717, 1.165) is 22.7 Å². The highest BCUT2D eigenvalue weighted by Gasteiger charge is 2.47. The van der Waals surface area contributed by atoms with Gasteiger partial charge in [-0.2, -0.15) is 8.75 Å². The van der Waals surface area contributed by atoms with E-state index in [1.807, 2.05) is 0 Å². The predicted molar refractivity (Wildman–Crippen MR) is 76.1 cm³/mol. The first-order valence-electron chi connectivity index (χ1n) is 6.44. The number of amides is 1. The van der Waals surface area contributed by atoms with Gasteiger partial charge in [0.05, 0.1) is 23.2 Å². The molecule has 1 aromatic heterocycles. The fourth-order valence-corrected chi connectivity index (χ4v) is 2.98. The second kappa shape index (κ2) is 5.19. The van der Waals surface area contributed by atoms with Crippen LogP contribution in [-0.2, 0) is 4.79 Å². The van der Waals surface area contributed by atoms with Gasteiger partial charge in [0.15, 0.2) is 5.52 Å². The zero-order valence-corrected chi connectivity index (χ0v) is 12.2. The topological polar surface area (TPSA) is 127 Å². The van der Waals surface area contributed by atoms with E-state index in [2.05, 4.69) is 8.75 Å². The molecule has 120 valence electrons. The lowest BCUT2D eigenvalue weighted by atomic mass is 10.1. The van der Waals surface area contributed by atoms with Crippen molar-refractivity contribution in [2.45, 2.75) is 12.1 Å². The summed E-state index contributed by atoms with van der Waals surface area (Å²) in [5.41, 5.74) is -2.65. The number of benzene rings is 1. The van der Waals surface area contributed by atoms with Crippen molar-refractivity contribution in [3.8, 4) is 0 Å². The number of alkyl halides is 1. The summed E-state index contributed by atoms with van der Waals surface area (Å²) in [6.07, 6.45) is -0.323. The zero-order chi connectivity index (χ0) is 16.8. The summed E-state index contributed by atoms with van der Waals surface area (Å²) in [7, 11) is 0. The minimum Gasteiger partial charge on any atom is -0.479 e. The standard InChI is InChI=1S/C12H9FN4O5S/c13-12(11(19)20)1-2-16(5-12)10(18)6-3-7-9(15-23-14-7)8(4-6)17(21)22/h3-4H,1-2,5H2,(H,19,20). The molecule has 1 aliphatic heterocycles. The van der Waals surface area contributed by atoms with Crippen LogP contribution in [-0.4, -0.2) is 54.3 Å². The maximum Gasteiger partial charge on any atom is 0.343 e. The molecule has 2 aromatic rings. The number of halogens is 1. The number of carbonyl (C=O) groups excluding carboxylic acids is 1. The van der Waals surface area contributed by atoms with Gasteiger partial charge in [-0.3, -0.25) is 14.9 Å². The molecule has 1 N–H and O–H groups in total. The van der Waals surface area contributed by atoms with Crippen molar-refractivity contribution in [2.24, 2.45) is 0 Å². The largest absolute Gasteiger partial charge is 0.479 e. The van der Waals surface area contributed by atoms with Gasteiger partial charge in [-0.15, -0.1) is 0 Å². The molecule has 1 amide bonds. The average Bonchev–Trinajstić information content (AvgIpc) is 3.12. The number of carboxylic acid groups (broad SMARTS) is 1. The molecule has 1 fully saturated rings. The highest BCUT2D eigenvalue weighted by molar-refractivity contribution is 7.00. The normalized spacial score (nSPS) is 20.8. The highest BCUT2D eigenvalue weighted by atomic mass is 32.1. The number of hydrogen-bond acceptors (Lipinski definition) is 7. The van der Waals surface area contributed by atoms with Gasteiger partial charge in [-0.25, -0.2) is 9.18 Å². The van der Waals surface area contributed by atoms with Crippen molar-refractivity contribution in [1.82, 2.24) is 13.6 Å². The molecule has 9 nitrogen and oxygen atoms in total. The molecular weight excluding hydrogens is 331 g/mol. The lowest BCUT2D eigenvalue weighted by molar-refractivity contribution is -0.383.